The molecule has 0 spiro atoms. The van der Waals surface area contributed by atoms with Gasteiger partial charge in [-0.3, -0.25) is 9.59 Å². The molecule has 1 aromatic heterocycles. The molecule has 0 bridgehead atoms. The molecule has 3 aromatic carbocycles. The van der Waals surface area contributed by atoms with Crippen molar-refractivity contribution in [2.45, 2.75) is 32.2 Å². The van der Waals surface area contributed by atoms with Crippen molar-refractivity contribution in [2.75, 3.05) is 0 Å². The maximum Gasteiger partial charge on any atom is 0.324 e. The van der Waals surface area contributed by atoms with Gasteiger partial charge in [0.1, 0.15) is 12.4 Å². The number of hydrogen-bond donors (Lipinski definition) is 1. The molecule has 7 heteroatoms. The molecule has 1 aliphatic heterocycles. The van der Waals surface area contributed by atoms with Crippen molar-refractivity contribution in [2.24, 2.45) is 5.92 Å². The highest BCUT2D eigenvalue weighted by atomic mass is 79.9. The van der Waals surface area contributed by atoms with Gasteiger partial charge in [-0.15, -0.1) is 0 Å². The summed E-state index contributed by atoms with van der Waals surface area (Å²) in [5.74, 6) is -3.91. The Hall–Kier alpha value is -3.58. The van der Waals surface area contributed by atoms with E-state index in [1.54, 1.807) is 13.8 Å². The highest BCUT2D eigenvalue weighted by molar-refractivity contribution is 9.10. The van der Waals surface area contributed by atoms with E-state index in [0.717, 1.165) is 26.5 Å². The van der Waals surface area contributed by atoms with Gasteiger partial charge in [0.05, 0.1) is 0 Å². The molecule has 5 rings (SSSR count). The lowest BCUT2D eigenvalue weighted by atomic mass is 9.79. The fourth-order valence-electron chi connectivity index (χ4n) is 4.51. The van der Waals surface area contributed by atoms with E-state index in [-0.39, 0.29) is 0 Å². The third kappa shape index (κ3) is 4.68. The van der Waals surface area contributed by atoms with Gasteiger partial charge in [-0.05, 0) is 35.4 Å². The largest absolute Gasteiger partial charge is 0.489 e. The third-order valence-electron chi connectivity index (χ3n) is 6.03. The molecule has 0 unspecified atom stereocenters. The number of nitrogens with one attached hydrogen (secondary N) is 1. The van der Waals surface area contributed by atoms with Crippen LogP contribution in [0.4, 0.5) is 0 Å². The van der Waals surface area contributed by atoms with E-state index >= 15 is 0 Å². The minimum atomic E-state index is -1.32. The van der Waals surface area contributed by atoms with E-state index in [2.05, 4.69) is 20.9 Å². The summed E-state index contributed by atoms with van der Waals surface area (Å²) in [5, 5.41) is 0.900. The maximum absolute atomic E-state index is 13.3. The summed E-state index contributed by atoms with van der Waals surface area (Å²) >= 11 is 3.55. The van der Waals surface area contributed by atoms with Gasteiger partial charge in [0.2, 0.25) is 0 Å². The van der Waals surface area contributed by atoms with Crippen LogP contribution in [0, 0.1) is 5.92 Å². The Labute approximate surface area is 211 Å². The van der Waals surface area contributed by atoms with Crippen LogP contribution in [-0.2, 0) is 25.7 Å². The zero-order valence-electron chi connectivity index (χ0n) is 19.3. The number of aromatic amines is 1. The van der Waals surface area contributed by atoms with Gasteiger partial charge in [-0.2, -0.15) is 0 Å². The molecule has 1 saturated heterocycles. The topological polar surface area (TPSA) is 77.6 Å². The average molecular weight is 534 g/mol. The van der Waals surface area contributed by atoms with Crippen molar-refractivity contribution in [1.29, 1.82) is 0 Å². The fourth-order valence-corrected chi connectivity index (χ4v) is 4.89. The molecule has 0 radical (unpaired) electrons. The van der Waals surface area contributed by atoms with Crippen LogP contribution in [-0.4, -0.2) is 22.7 Å². The van der Waals surface area contributed by atoms with Crippen molar-refractivity contribution in [1.82, 2.24) is 4.98 Å². The molecule has 1 fully saturated rings. The first-order chi connectivity index (χ1) is 16.8. The van der Waals surface area contributed by atoms with Gasteiger partial charge in [0.25, 0.3) is 5.79 Å². The Balaban J connectivity index is 1.64. The number of carbonyl (C=O) groups is 2. The standard InChI is InChI=1S/C28H24BrNO5/c1-28(2)34-26(31)25(27(32)35-28)24(21-15-30-22-11-7-6-10-19(21)22)20-14-18(29)12-13-23(20)33-16-17-8-4-3-5-9-17/h3-15,24-25,30H,16H2,1-2H3/t24-/m1/s1. The number of benzene rings is 3. The molecule has 2 heterocycles. The van der Waals surface area contributed by atoms with Gasteiger partial charge in [0.15, 0.2) is 5.92 Å². The Bertz CT molecular complexity index is 1380. The number of cyclic esters (lactones) is 2. The number of hydrogen-bond acceptors (Lipinski definition) is 5. The molecular weight excluding hydrogens is 510 g/mol. The summed E-state index contributed by atoms with van der Waals surface area (Å²) in [7, 11) is 0. The summed E-state index contributed by atoms with van der Waals surface area (Å²) in [6.07, 6.45) is 1.83. The second-order valence-corrected chi connectivity index (χ2v) is 9.86. The van der Waals surface area contributed by atoms with E-state index in [0.29, 0.717) is 17.9 Å². The Morgan fingerprint density at radius 1 is 0.943 bits per heavy atom. The minimum absolute atomic E-state index is 0.336. The van der Waals surface area contributed by atoms with Crippen LogP contribution in [0.15, 0.2) is 83.5 Å². The molecule has 6 nitrogen and oxygen atoms in total. The summed E-state index contributed by atoms with van der Waals surface area (Å²) in [4.78, 5) is 29.8. The summed E-state index contributed by atoms with van der Waals surface area (Å²) in [6.45, 7) is 3.43. The van der Waals surface area contributed by atoms with Crippen LogP contribution in [0.25, 0.3) is 10.9 Å². The fraction of sp³-hybridized carbons (Fsp3) is 0.214. The third-order valence-corrected chi connectivity index (χ3v) is 6.53. The summed E-state index contributed by atoms with van der Waals surface area (Å²) in [6, 6.07) is 23.2. The van der Waals surface area contributed by atoms with Gasteiger partial charge in [-0.25, -0.2) is 0 Å². The Morgan fingerprint density at radius 2 is 1.63 bits per heavy atom. The van der Waals surface area contributed by atoms with Crippen molar-refractivity contribution in [3.8, 4) is 5.75 Å². The highest BCUT2D eigenvalue weighted by Gasteiger charge is 2.49. The number of esters is 2. The Morgan fingerprint density at radius 3 is 2.37 bits per heavy atom. The van der Waals surface area contributed by atoms with Crippen molar-refractivity contribution in [3.05, 3.63) is 100 Å². The van der Waals surface area contributed by atoms with Gasteiger partial charge < -0.3 is 19.2 Å². The molecule has 178 valence electrons. The predicted molar refractivity (Wildman–Crippen MR) is 135 cm³/mol. The average Bonchev–Trinajstić information content (AvgIpc) is 3.24. The van der Waals surface area contributed by atoms with Gasteiger partial charge in [0, 0.05) is 46.9 Å². The molecule has 35 heavy (non-hydrogen) atoms. The van der Waals surface area contributed by atoms with Crippen LogP contribution < -0.4 is 4.74 Å². The molecule has 0 amide bonds. The van der Waals surface area contributed by atoms with Crippen LogP contribution >= 0.6 is 15.9 Å². The van der Waals surface area contributed by atoms with Crippen LogP contribution in [0.5, 0.6) is 5.75 Å². The number of carbonyl (C=O) groups excluding carboxylic acids is 2. The number of ether oxygens (including phenoxy) is 3. The zero-order valence-corrected chi connectivity index (χ0v) is 20.9. The first-order valence-corrected chi connectivity index (χ1v) is 12.1. The Kier molecular flexibility index (Phi) is 6.11. The van der Waals surface area contributed by atoms with Crippen LogP contribution in [0.3, 0.4) is 0 Å². The normalized spacial score (nSPS) is 16.5. The van der Waals surface area contributed by atoms with E-state index in [4.69, 9.17) is 14.2 Å². The number of rotatable bonds is 6. The number of fused-ring (bicyclic) bond motifs is 1. The lowest BCUT2D eigenvalue weighted by Gasteiger charge is -2.36. The number of para-hydroxylation sites is 1. The van der Waals surface area contributed by atoms with E-state index < -0.39 is 29.6 Å². The summed E-state index contributed by atoms with van der Waals surface area (Å²) in [5.41, 5.74) is 3.36. The van der Waals surface area contributed by atoms with Crippen LogP contribution in [0.2, 0.25) is 0 Å². The molecule has 1 atom stereocenters. The minimum Gasteiger partial charge on any atom is -0.489 e. The number of H-pyrrole nitrogens is 1. The molecule has 4 aromatic rings. The van der Waals surface area contributed by atoms with E-state index in [1.165, 1.54) is 0 Å². The monoisotopic (exact) mass is 533 g/mol. The first kappa shape index (κ1) is 23.2. The van der Waals surface area contributed by atoms with Crippen molar-refractivity contribution >= 4 is 38.8 Å². The predicted octanol–water partition coefficient (Wildman–Crippen LogP) is 6.09. The smallest absolute Gasteiger partial charge is 0.324 e. The quantitative estimate of drug-likeness (QED) is 0.239. The second kappa shape index (κ2) is 9.23. The van der Waals surface area contributed by atoms with Crippen molar-refractivity contribution in [3.63, 3.8) is 0 Å². The lowest BCUT2D eigenvalue weighted by Crippen LogP contribution is -2.48. The van der Waals surface area contributed by atoms with Gasteiger partial charge >= 0.3 is 11.9 Å². The second-order valence-electron chi connectivity index (χ2n) is 8.94. The number of aromatic nitrogens is 1. The van der Waals surface area contributed by atoms with Crippen molar-refractivity contribution < 1.29 is 23.8 Å². The molecule has 0 saturated carbocycles. The van der Waals surface area contributed by atoms with Gasteiger partial charge in [-0.1, -0.05) is 64.5 Å². The lowest BCUT2D eigenvalue weighted by molar-refractivity contribution is -0.240. The van der Waals surface area contributed by atoms with E-state index in [1.807, 2.05) is 79.0 Å². The zero-order chi connectivity index (χ0) is 24.6. The first-order valence-electron chi connectivity index (χ1n) is 11.3. The highest BCUT2D eigenvalue weighted by Crippen LogP contribution is 2.44. The molecule has 0 aliphatic carbocycles. The summed E-state index contributed by atoms with van der Waals surface area (Å²) < 4.78 is 18.1. The SMILES string of the molecule is CC1(C)OC(=O)C([C@H](c2cc(Br)ccc2OCc2ccccc2)c2c[nH]c3ccccc23)C(=O)O1. The molecular formula is C28H24BrNO5. The van der Waals surface area contributed by atoms with E-state index in [9.17, 15) is 9.59 Å². The molecule has 1 N–H and O–H groups in total. The number of halogens is 1. The molecule has 1 aliphatic rings. The maximum atomic E-state index is 13.3. The van der Waals surface area contributed by atoms with Crippen LogP contribution in [0.1, 0.15) is 36.5 Å².